The summed E-state index contributed by atoms with van der Waals surface area (Å²) in [6, 6.07) is 7.58. The Morgan fingerprint density at radius 2 is 1.72 bits per heavy atom. The molecule has 0 spiro atoms. The third-order valence-electron chi connectivity index (χ3n) is 4.26. The van der Waals surface area contributed by atoms with E-state index in [4.69, 9.17) is 4.74 Å². The highest BCUT2D eigenvalue weighted by Crippen LogP contribution is 2.23. The van der Waals surface area contributed by atoms with Crippen LogP contribution in [0.25, 0.3) is 0 Å². The smallest absolute Gasteiger partial charge is 0.313 e. The van der Waals surface area contributed by atoms with Crippen LogP contribution in [0, 0.1) is 0 Å². The van der Waals surface area contributed by atoms with Gasteiger partial charge in [-0.05, 0) is 36.1 Å². The second-order valence-electron chi connectivity index (χ2n) is 7.34. The highest BCUT2D eigenvalue weighted by molar-refractivity contribution is 6.39. The zero-order valence-electron chi connectivity index (χ0n) is 15.4. The van der Waals surface area contributed by atoms with Crippen molar-refractivity contribution in [1.29, 1.82) is 0 Å². The van der Waals surface area contributed by atoms with E-state index >= 15 is 0 Å². The van der Waals surface area contributed by atoms with Gasteiger partial charge in [0, 0.05) is 25.3 Å². The van der Waals surface area contributed by atoms with Crippen LogP contribution in [0.4, 0.5) is 5.69 Å². The SMILES string of the molecule is CC(C)(C)c1ccc(NC(=O)C(=O)NCCCN2CCOCC2)cc1. The fourth-order valence-electron chi connectivity index (χ4n) is 2.65. The monoisotopic (exact) mass is 347 g/mol. The molecule has 0 aliphatic carbocycles. The number of rotatable bonds is 5. The summed E-state index contributed by atoms with van der Waals surface area (Å²) >= 11 is 0. The maximum absolute atomic E-state index is 11.9. The Labute approximate surface area is 149 Å². The molecule has 1 fully saturated rings. The Balaban J connectivity index is 1.70. The lowest BCUT2D eigenvalue weighted by Gasteiger charge is -2.26. The number of carbonyl (C=O) groups is 2. The van der Waals surface area contributed by atoms with Crippen LogP contribution in [-0.2, 0) is 19.7 Å². The quantitative estimate of drug-likeness (QED) is 0.629. The van der Waals surface area contributed by atoms with Gasteiger partial charge in [0.15, 0.2) is 0 Å². The van der Waals surface area contributed by atoms with Gasteiger partial charge in [-0.1, -0.05) is 32.9 Å². The predicted molar refractivity (Wildman–Crippen MR) is 98.7 cm³/mol. The van der Waals surface area contributed by atoms with Crippen molar-refractivity contribution in [3.63, 3.8) is 0 Å². The summed E-state index contributed by atoms with van der Waals surface area (Å²) in [7, 11) is 0. The van der Waals surface area contributed by atoms with E-state index in [1.807, 2.05) is 24.3 Å². The molecule has 0 saturated carbocycles. The van der Waals surface area contributed by atoms with Gasteiger partial charge < -0.3 is 15.4 Å². The Morgan fingerprint density at radius 1 is 1.08 bits per heavy atom. The summed E-state index contributed by atoms with van der Waals surface area (Å²) in [5.41, 5.74) is 1.86. The van der Waals surface area contributed by atoms with E-state index < -0.39 is 11.8 Å². The summed E-state index contributed by atoms with van der Waals surface area (Å²) in [4.78, 5) is 26.1. The molecule has 0 unspecified atom stereocenters. The first-order chi connectivity index (χ1) is 11.9. The van der Waals surface area contributed by atoms with Gasteiger partial charge in [-0.15, -0.1) is 0 Å². The van der Waals surface area contributed by atoms with Crippen molar-refractivity contribution >= 4 is 17.5 Å². The van der Waals surface area contributed by atoms with Gasteiger partial charge in [0.1, 0.15) is 0 Å². The molecule has 6 nitrogen and oxygen atoms in total. The minimum atomic E-state index is -0.630. The molecule has 1 aromatic rings. The first-order valence-electron chi connectivity index (χ1n) is 8.86. The summed E-state index contributed by atoms with van der Waals surface area (Å²) in [5, 5.41) is 5.30. The number of benzene rings is 1. The molecule has 2 rings (SSSR count). The molecule has 0 bridgehead atoms. The van der Waals surface area contributed by atoms with Crippen LogP contribution >= 0.6 is 0 Å². The minimum Gasteiger partial charge on any atom is -0.379 e. The largest absolute Gasteiger partial charge is 0.379 e. The molecular formula is C19H29N3O3. The van der Waals surface area contributed by atoms with Crippen LogP contribution in [0.3, 0.4) is 0 Å². The van der Waals surface area contributed by atoms with Crippen molar-refractivity contribution in [2.75, 3.05) is 44.7 Å². The van der Waals surface area contributed by atoms with Crippen molar-refractivity contribution < 1.29 is 14.3 Å². The first kappa shape index (κ1) is 19.4. The number of ether oxygens (including phenoxy) is 1. The van der Waals surface area contributed by atoms with E-state index in [9.17, 15) is 9.59 Å². The van der Waals surface area contributed by atoms with Crippen LogP contribution in [0.2, 0.25) is 0 Å². The van der Waals surface area contributed by atoms with Gasteiger partial charge in [-0.2, -0.15) is 0 Å². The minimum absolute atomic E-state index is 0.0559. The number of hydrogen-bond donors (Lipinski definition) is 2. The van der Waals surface area contributed by atoms with Gasteiger partial charge in [-0.3, -0.25) is 14.5 Å². The van der Waals surface area contributed by atoms with Crippen molar-refractivity contribution in [1.82, 2.24) is 10.2 Å². The van der Waals surface area contributed by atoms with E-state index in [2.05, 4.69) is 36.3 Å². The lowest BCUT2D eigenvalue weighted by Crippen LogP contribution is -2.39. The average Bonchev–Trinajstić information content (AvgIpc) is 2.59. The fourth-order valence-corrected chi connectivity index (χ4v) is 2.65. The maximum atomic E-state index is 11.9. The van der Waals surface area contributed by atoms with Gasteiger partial charge in [0.25, 0.3) is 0 Å². The number of hydrogen-bond acceptors (Lipinski definition) is 4. The van der Waals surface area contributed by atoms with Gasteiger partial charge in [-0.25, -0.2) is 0 Å². The first-order valence-corrected chi connectivity index (χ1v) is 8.86. The second-order valence-corrected chi connectivity index (χ2v) is 7.34. The van der Waals surface area contributed by atoms with Crippen LogP contribution in [-0.4, -0.2) is 56.1 Å². The third-order valence-corrected chi connectivity index (χ3v) is 4.26. The standard InChI is InChI=1S/C19H29N3O3/c1-19(2,3)15-5-7-16(8-6-15)21-18(24)17(23)20-9-4-10-22-11-13-25-14-12-22/h5-8H,4,9-14H2,1-3H3,(H,20,23)(H,21,24). The van der Waals surface area contributed by atoms with E-state index in [0.29, 0.717) is 12.2 Å². The lowest BCUT2D eigenvalue weighted by molar-refractivity contribution is -0.136. The zero-order chi connectivity index (χ0) is 18.3. The number of carbonyl (C=O) groups excluding carboxylic acids is 2. The van der Waals surface area contributed by atoms with Crippen LogP contribution in [0.1, 0.15) is 32.8 Å². The molecule has 0 aromatic heterocycles. The third kappa shape index (κ3) is 6.48. The fraction of sp³-hybridized carbons (Fsp3) is 0.579. The molecule has 0 radical (unpaired) electrons. The molecule has 6 heteroatoms. The molecule has 138 valence electrons. The Kier molecular flexibility index (Phi) is 6.96. The molecular weight excluding hydrogens is 318 g/mol. The van der Waals surface area contributed by atoms with Crippen LogP contribution < -0.4 is 10.6 Å². The van der Waals surface area contributed by atoms with E-state index in [0.717, 1.165) is 39.3 Å². The van der Waals surface area contributed by atoms with Gasteiger partial charge in [0.2, 0.25) is 0 Å². The molecule has 2 amide bonds. The predicted octanol–water partition coefficient (Wildman–Crippen LogP) is 1.76. The Hall–Kier alpha value is -1.92. The summed E-state index contributed by atoms with van der Waals surface area (Å²) in [5.74, 6) is -1.23. The van der Waals surface area contributed by atoms with E-state index in [-0.39, 0.29) is 5.41 Å². The molecule has 1 saturated heterocycles. The Morgan fingerprint density at radius 3 is 2.32 bits per heavy atom. The van der Waals surface area contributed by atoms with Crippen LogP contribution in [0.5, 0.6) is 0 Å². The van der Waals surface area contributed by atoms with Gasteiger partial charge in [0.05, 0.1) is 13.2 Å². The molecule has 1 aromatic carbocycles. The average molecular weight is 347 g/mol. The van der Waals surface area contributed by atoms with Crippen molar-refractivity contribution in [2.45, 2.75) is 32.6 Å². The molecule has 0 atom stereocenters. The summed E-state index contributed by atoms with van der Waals surface area (Å²) in [6.45, 7) is 11.2. The van der Waals surface area contributed by atoms with Crippen LogP contribution in [0.15, 0.2) is 24.3 Å². The van der Waals surface area contributed by atoms with Crippen molar-refractivity contribution in [3.05, 3.63) is 29.8 Å². The summed E-state index contributed by atoms with van der Waals surface area (Å²) < 4.78 is 5.29. The van der Waals surface area contributed by atoms with E-state index in [1.165, 1.54) is 5.56 Å². The number of anilines is 1. The highest BCUT2D eigenvalue weighted by atomic mass is 16.5. The summed E-state index contributed by atoms with van der Waals surface area (Å²) in [6.07, 6.45) is 0.819. The molecule has 2 N–H and O–H groups in total. The number of nitrogens with zero attached hydrogens (tertiary/aromatic N) is 1. The molecule has 1 aliphatic heterocycles. The molecule has 1 heterocycles. The number of morpholine rings is 1. The number of amides is 2. The highest BCUT2D eigenvalue weighted by Gasteiger charge is 2.16. The van der Waals surface area contributed by atoms with Gasteiger partial charge >= 0.3 is 11.8 Å². The molecule has 1 aliphatic rings. The molecule has 25 heavy (non-hydrogen) atoms. The maximum Gasteiger partial charge on any atom is 0.313 e. The Bertz CT molecular complexity index is 573. The lowest BCUT2D eigenvalue weighted by atomic mass is 9.87. The normalized spacial score (nSPS) is 15.6. The number of nitrogens with one attached hydrogen (secondary N) is 2. The van der Waals surface area contributed by atoms with Crippen molar-refractivity contribution in [3.8, 4) is 0 Å². The topological polar surface area (TPSA) is 70.7 Å². The zero-order valence-corrected chi connectivity index (χ0v) is 15.4. The second kappa shape index (κ2) is 8.97. The van der Waals surface area contributed by atoms with E-state index in [1.54, 1.807) is 0 Å². The van der Waals surface area contributed by atoms with Crippen molar-refractivity contribution in [2.24, 2.45) is 0 Å².